The predicted molar refractivity (Wildman–Crippen MR) is 125 cm³/mol. The number of nitrogens with one attached hydrogen (secondary N) is 1. The van der Waals surface area contributed by atoms with E-state index in [0.717, 1.165) is 40.8 Å². The van der Waals surface area contributed by atoms with Crippen molar-refractivity contribution >= 4 is 21.1 Å². The van der Waals surface area contributed by atoms with E-state index in [0.29, 0.717) is 18.0 Å². The molecule has 0 aliphatic rings. The van der Waals surface area contributed by atoms with Crippen molar-refractivity contribution in [2.45, 2.75) is 38.1 Å². The van der Waals surface area contributed by atoms with Crippen LogP contribution in [-0.4, -0.2) is 24.5 Å². The van der Waals surface area contributed by atoms with Crippen molar-refractivity contribution in [1.82, 2.24) is 14.3 Å². The lowest BCUT2D eigenvalue weighted by Crippen LogP contribution is -2.28. The van der Waals surface area contributed by atoms with E-state index in [9.17, 15) is 8.42 Å². The largest absolute Gasteiger partial charge is 0.327 e. The monoisotopic (exact) mass is 433 g/mol. The molecule has 0 radical (unpaired) electrons. The molecule has 0 aliphatic heterocycles. The molecule has 1 N–H and O–H groups in total. The van der Waals surface area contributed by atoms with Crippen molar-refractivity contribution < 1.29 is 8.42 Å². The van der Waals surface area contributed by atoms with Crippen LogP contribution in [0.4, 0.5) is 0 Å². The molecule has 0 bridgehead atoms. The minimum absolute atomic E-state index is 0.300. The summed E-state index contributed by atoms with van der Waals surface area (Å²) in [7, 11) is -3.57. The van der Waals surface area contributed by atoms with Crippen LogP contribution in [0, 0.1) is 13.8 Å². The number of hydrogen-bond acceptors (Lipinski definition) is 3. The van der Waals surface area contributed by atoms with Crippen LogP contribution in [0.2, 0.25) is 0 Å². The van der Waals surface area contributed by atoms with Crippen LogP contribution in [0.5, 0.6) is 0 Å². The van der Waals surface area contributed by atoms with Crippen molar-refractivity contribution in [2.24, 2.45) is 0 Å². The molecule has 0 spiro atoms. The highest BCUT2D eigenvalue weighted by atomic mass is 32.2. The molecule has 0 amide bonds. The summed E-state index contributed by atoms with van der Waals surface area (Å²) in [5, 5.41) is 0. The Morgan fingerprint density at radius 1 is 0.903 bits per heavy atom. The number of fused-ring (bicyclic) bond motifs is 1. The SMILES string of the molecule is Cc1ccc(C)c(S(=O)(=O)NCCn2c(CCc3ccccc3)nc3ccccc32)c1. The Morgan fingerprint density at radius 2 is 1.65 bits per heavy atom. The normalized spacial score (nSPS) is 11.8. The van der Waals surface area contributed by atoms with Crippen molar-refractivity contribution in [3.8, 4) is 0 Å². The van der Waals surface area contributed by atoms with Crippen LogP contribution in [0.3, 0.4) is 0 Å². The number of aryl methyl sites for hydroxylation is 4. The van der Waals surface area contributed by atoms with Gasteiger partial charge in [0.15, 0.2) is 0 Å². The van der Waals surface area contributed by atoms with Crippen LogP contribution < -0.4 is 4.72 Å². The first-order chi connectivity index (χ1) is 14.9. The Balaban J connectivity index is 1.53. The molecular weight excluding hydrogens is 406 g/mol. The van der Waals surface area contributed by atoms with Gasteiger partial charge in [-0.15, -0.1) is 0 Å². The molecule has 0 fully saturated rings. The molecule has 160 valence electrons. The number of para-hydroxylation sites is 2. The number of hydrogen-bond donors (Lipinski definition) is 1. The molecule has 0 aliphatic carbocycles. The molecule has 1 aromatic heterocycles. The van der Waals surface area contributed by atoms with E-state index in [-0.39, 0.29) is 0 Å². The second-order valence-corrected chi connectivity index (χ2v) is 9.56. The first-order valence-electron chi connectivity index (χ1n) is 10.5. The van der Waals surface area contributed by atoms with Gasteiger partial charge in [0.1, 0.15) is 5.82 Å². The Kier molecular flexibility index (Phi) is 6.20. The number of nitrogens with zero attached hydrogens (tertiary/aromatic N) is 2. The molecule has 0 saturated heterocycles. The minimum atomic E-state index is -3.57. The number of benzene rings is 3. The van der Waals surface area contributed by atoms with Gasteiger partial charge >= 0.3 is 0 Å². The van der Waals surface area contributed by atoms with Crippen molar-refractivity contribution in [3.05, 3.63) is 95.3 Å². The molecule has 0 atom stereocenters. The quantitative estimate of drug-likeness (QED) is 0.447. The van der Waals surface area contributed by atoms with Crippen LogP contribution in [0.25, 0.3) is 11.0 Å². The Hall–Kier alpha value is -2.96. The van der Waals surface area contributed by atoms with Crippen LogP contribution in [0.1, 0.15) is 22.5 Å². The maximum Gasteiger partial charge on any atom is 0.240 e. The summed E-state index contributed by atoms with van der Waals surface area (Å²) < 4.78 is 30.6. The van der Waals surface area contributed by atoms with Gasteiger partial charge in [0, 0.05) is 19.5 Å². The summed E-state index contributed by atoms with van der Waals surface area (Å²) in [6, 6.07) is 23.8. The second kappa shape index (κ2) is 9.04. The lowest BCUT2D eigenvalue weighted by Gasteiger charge is -2.13. The fourth-order valence-corrected chi connectivity index (χ4v) is 5.18. The smallest absolute Gasteiger partial charge is 0.240 e. The van der Waals surface area contributed by atoms with Gasteiger partial charge in [0.2, 0.25) is 10.0 Å². The van der Waals surface area contributed by atoms with Crippen LogP contribution >= 0.6 is 0 Å². The van der Waals surface area contributed by atoms with E-state index >= 15 is 0 Å². The molecule has 6 heteroatoms. The van der Waals surface area contributed by atoms with Gasteiger partial charge in [-0.25, -0.2) is 18.1 Å². The van der Waals surface area contributed by atoms with Crippen molar-refractivity contribution in [1.29, 1.82) is 0 Å². The van der Waals surface area contributed by atoms with E-state index in [1.165, 1.54) is 5.56 Å². The number of sulfonamides is 1. The summed E-state index contributed by atoms with van der Waals surface area (Å²) in [6.45, 7) is 4.54. The summed E-state index contributed by atoms with van der Waals surface area (Å²) in [6.07, 6.45) is 1.68. The third-order valence-electron chi connectivity index (χ3n) is 5.47. The van der Waals surface area contributed by atoms with Crippen LogP contribution in [-0.2, 0) is 29.4 Å². The van der Waals surface area contributed by atoms with Gasteiger partial charge in [0.05, 0.1) is 15.9 Å². The molecule has 1 heterocycles. The lowest BCUT2D eigenvalue weighted by molar-refractivity contribution is 0.570. The molecular formula is C25H27N3O2S. The second-order valence-electron chi connectivity index (χ2n) is 7.82. The van der Waals surface area contributed by atoms with E-state index in [4.69, 9.17) is 4.98 Å². The van der Waals surface area contributed by atoms with Gasteiger partial charge in [-0.05, 0) is 55.2 Å². The molecule has 0 unspecified atom stereocenters. The lowest BCUT2D eigenvalue weighted by atomic mass is 10.1. The van der Waals surface area contributed by atoms with E-state index < -0.39 is 10.0 Å². The van der Waals surface area contributed by atoms with E-state index in [1.54, 1.807) is 6.07 Å². The highest BCUT2D eigenvalue weighted by molar-refractivity contribution is 7.89. The number of imidazole rings is 1. The standard InChI is InChI=1S/C25H27N3O2S/c1-19-12-13-20(2)24(18-19)31(29,30)26-16-17-28-23-11-7-6-10-22(23)27-25(28)15-14-21-8-4-3-5-9-21/h3-13,18,26H,14-17H2,1-2H3. The molecule has 4 aromatic rings. The van der Waals surface area contributed by atoms with Crippen molar-refractivity contribution in [3.63, 3.8) is 0 Å². The van der Waals surface area contributed by atoms with Gasteiger partial charge < -0.3 is 4.57 Å². The number of rotatable bonds is 8. The summed E-state index contributed by atoms with van der Waals surface area (Å²) in [5.41, 5.74) is 4.89. The first-order valence-corrected chi connectivity index (χ1v) is 12.0. The molecule has 0 saturated carbocycles. The van der Waals surface area contributed by atoms with Gasteiger partial charge in [0.25, 0.3) is 0 Å². The zero-order chi connectivity index (χ0) is 21.8. The summed E-state index contributed by atoms with van der Waals surface area (Å²) in [5.74, 6) is 0.969. The summed E-state index contributed by atoms with van der Waals surface area (Å²) >= 11 is 0. The predicted octanol–water partition coefficient (Wildman–Crippen LogP) is 4.42. The molecule has 4 rings (SSSR count). The average Bonchev–Trinajstić information content (AvgIpc) is 3.12. The fourth-order valence-electron chi connectivity index (χ4n) is 3.83. The Morgan fingerprint density at radius 3 is 2.45 bits per heavy atom. The molecule has 31 heavy (non-hydrogen) atoms. The Bertz CT molecular complexity index is 1300. The maximum absolute atomic E-state index is 12.9. The van der Waals surface area contributed by atoms with Crippen LogP contribution in [0.15, 0.2) is 77.7 Å². The van der Waals surface area contributed by atoms with Gasteiger partial charge in [-0.3, -0.25) is 0 Å². The summed E-state index contributed by atoms with van der Waals surface area (Å²) in [4.78, 5) is 5.15. The zero-order valence-electron chi connectivity index (χ0n) is 17.9. The van der Waals surface area contributed by atoms with E-state index in [1.807, 2.05) is 68.4 Å². The third kappa shape index (κ3) is 4.86. The Labute approximate surface area is 183 Å². The molecule has 5 nitrogen and oxygen atoms in total. The average molecular weight is 434 g/mol. The minimum Gasteiger partial charge on any atom is -0.327 e. The fraction of sp³-hybridized carbons (Fsp3) is 0.240. The molecule has 3 aromatic carbocycles. The highest BCUT2D eigenvalue weighted by Gasteiger charge is 2.17. The van der Waals surface area contributed by atoms with Gasteiger partial charge in [-0.2, -0.15) is 0 Å². The maximum atomic E-state index is 12.9. The van der Waals surface area contributed by atoms with Crippen molar-refractivity contribution in [2.75, 3.05) is 6.54 Å². The first kappa shape index (κ1) is 21.3. The highest BCUT2D eigenvalue weighted by Crippen LogP contribution is 2.19. The number of aromatic nitrogens is 2. The third-order valence-corrected chi connectivity index (χ3v) is 7.08. The zero-order valence-corrected chi connectivity index (χ0v) is 18.7. The topological polar surface area (TPSA) is 64.0 Å². The van der Waals surface area contributed by atoms with Gasteiger partial charge in [-0.1, -0.05) is 54.6 Å². The van der Waals surface area contributed by atoms with E-state index in [2.05, 4.69) is 21.4 Å².